The Labute approximate surface area is 124 Å². The molecule has 0 fully saturated rings. The third kappa shape index (κ3) is 2.94. The molecule has 2 aromatic rings. The number of hydrogen-bond acceptors (Lipinski definition) is 1. The average molecular weight is 326 g/mol. The molecule has 2 rings (SSSR count). The van der Waals surface area contributed by atoms with Crippen LogP contribution in [0.15, 0.2) is 36.5 Å². The Balaban J connectivity index is 2.52. The Kier molecular flexibility index (Phi) is 4.01. The van der Waals surface area contributed by atoms with Crippen molar-refractivity contribution in [3.05, 3.63) is 47.7 Å². The summed E-state index contributed by atoms with van der Waals surface area (Å²) >= 11 is -1.78. The number of rotatable bonds is 2. The molecule has 20 heavy (non-hydrogen) atoms. The van der Waals surface area contributed by atoms with Gasteiger partial charge in [-0.25, -0.2) is 0 Å². The monoisotopic (exact) mass is 327 g/mol. The zero-order valence-electron chi connectivity index (χ0n) is 12.9. The fourth-order valence-electron chi connectivity index (χ4n) is 2.35. The van der Waals surface area contributed by atoms with Crippen LogP contribution >= 0.6 is 0 Å². The minimum absolute atomic E-state index is 0.718. The standard InChI is InChI=1S/C17H21GeN2/c1-13-10-14(11-19)6-8-16(13)17-9-7-15(12-20(17)5)18(2,3)4/h6-10,12H,1-5H3/q+1. The van der Waals surface area contributed by atoms with Gasteiger partial charge in [0.2, 0.25) is 0 Å². The van der Waals surface area contributed by atoms with Crippen LogP contribution < -0.4 is 8.96 Å². The summed E-state index contributed by atoms with van der Waals surface area (Å²) in [5.41, 5.74) is 4.25. The summed E-state index contributed by atoms with van der Waals surface area (Å²) in [6.07, 6.45) is 2.27. The maximum absolute atomic E-state index is 8.96. The molecule has 0 saturated carbocycles. The molecule has 0 atom stereocenters. The van der Waals surface area contributed by atoms with E-state index in [4.69, 9.17) is 5.26 Å². The van der Waals surface area contributed by atoms with E-state index in [1.807, 2.05) is 18.2 Å². The quantitative estimate of drug-likeness (QED) is 0.616. The number of pyridine rings is 1. The third-order valence-corrected chi connectivity index (χ3v) is 7.89. The molecule has 0 spiro atoms. The third-order valence-electron chi connectivity index (χ3n) is 3.63. The van der Waals surface area contributed by atoms with Crippen molar-refractivity contribution in [2.45, 2.75) is 24.2 Å². The number of aryl methyl sites for hydroxylation is 2. The first-order chi connectivity index (χ1) is 9.32. The van der Waals surface area contributed by atoms with E-state index >= 15 is 0 Å². The second-order valence-electron chi connectivity index (χ2n) is 6.31. The Hall–Kier alpha value is -1.60. The molecular weight excluding hydrogens is 305 g/mol. The molecule has 0 amide bonds. The first-order valence-corrected chi connectivity index (χ1v) is 14.2. The summed E-state index contributed by atoms with van der Waals surface area (Å²) in [7, 11) is 2.10. The molecule has 0 aliphatic carbocycles. The van der Waals surface area contributed by atoms with Crippen molar-refractivity contribution in [2.75, 3.05) is 0 Å². The molecular formula is C17H21GeN2+. The molecule has 0 N–H and O–H groups in total. The van der Waals surface area contributed by atoms with Gasteiger partial charge in [0.05, 0.1) is 0 Å². The van der Waals surface area contributed by atoms with E-state index in [1.54, 1.807) is 0 Å². The van der Waals surface area contributed by atoms with Crippen LogP contribution in [0.2, 0.25) is 17.3 Å². The van der Waals surface area contributed by atoms with Crippen LogP contribution in [0, 0.1) is 18.3 Å². The summed E-state index contributed by atoms with van der Waals surface area (Å²) in [6.45, 7) is 2.06. The van der Waals surface area contributed by atoms with E-state index in [9.17, 15) is 0 Å². The van der Waals surface area contributed by atoms with E-state index in [1.165, 1.54) is 15.7 Å². The van der Waals surface area contributed by atoms with E-state index < -0.39 is 13.3 Å². The summed E-state index contributed by atoms with van der Waals surface area (Å²) < 4.78 is 3.71. The number of nitrogens with zero attached hydrogens (tertiary/aromatic N) is 2. The SMILES string of the molecule is Cc1cc(C#N)ccc1-c1cc[c]([Ge]([CH3])([CH3])[CH3])c[n+]1C. The molecule has 0 radical (unpaired) electrons. The summed E-state index contributed by atoms with van der Waals surface area (Å²) in [5.74, 6) is 7.21. The topological polar surface area (TPSA) is 27.7 Å². The van der Waals surface area contributed by atoms with Crippen LogP contribution in [0.3, 0.4) is 0 Å². The Morgan fingerprint density at radius 3 is 2.30 bits per heavy atom. The van der Waals surface area contributed by atoms with Gasteiger partial charge in [-0.2, -0.15) is 0 Å². The van der Waals surface area contributed by atoms with Crippen molar-refractivity contribution < 1.29 is 4.57 Å². The fraction of sp³-hybridized carbons (Fsp3) is 0.294. The van der Waals surface area contributed by atoms with Crippen molar-refractivity contribution in [2.24, 2.45) is 7.05 Å². The van der Waals surface area contributed by atoms with Crippen LogP contribution in [0.4, 0.5) is 0 Å². The van der Waals surface area contributed by atoms with Gasteiger partial charge in [0.1, 0.15) is 0 Å². The van der Waals surface area contributed by atoms with E-state index in [0.717, 1.165) is 11.1 Å². The van der Waals surface area contributed by atoms with Gasteiger partial charge in [-0.3, -0.25) is 0 Å². The molecule has 0 saturated heterocycles. The number of hydrogen-bond donors (Lipinski definition) is 0. The Morgan fingerprint density at radius 1 is 1.10 bits per heavy atom. The molecule has 0 aliphatic heterocycles. The van der Waals surface area contributed by atoms with Gasteiger partial charge in [-0.15, -0.1) is 0 Å². The molecule has 1 aromatic carbocycles. The van der Waals surface area contributed by atoms with Gasteiger partial charge in [0.25, 0.3) is 0 Å². The van der Waals surface area contributed by atoms with Gasteiger partial charge in [-0.05, 0) is 0 Å². The molecule has 3 heteroatoms. The van der Waals surface area contributed by atoms with Crippen LogP contribution in [-0.4, -0.2) is 13.3 Å². The van der Waals surface area contributed by atoms with E-state index in [0.29, 0.717) is 0 Å². The Bertz CT molecular complexity index is 691. The maximum atomic E-state index is 8.96. The minimum atomic E-state index is -1.78. The van der Waals surface area contributed by atoms with Gasteiger partial charge >= 0.3 is 124 Å². The average Bonchev–Trinajstić information content (AvgIpc) is 2.38. The summed E-state index contributed by atoms with van der Waals surface area (Å²) in [5, 5.41) is 8.96. The predicted octanol–water partition coefficient (Wildman–Crippen LogP) is 2.90. The molecule has 1 heterocycles. The number of benzene rings is 1. The van der Waals surface area contributed by atoms with E-state index in [-0.39, 0.29) is 0 Å². The molecule has 102 valence electrons. The second kappa shape index (κ2) is 5.42. The van der Waals surface area contributed by atoms with Crippen molar-refractivity contribution in [1.82, 2.24) is 0 Å². The van der Waals surface area contributed by atoms with Gasteiger partial charge in [0, 0.05) is 0 Å². The van der Waals surface area contributed by atoms with Crippen LogP contribution in [0.1, 0.15) is 11.1 Å². The zero-order chi connectivity index (χ0) is 14.9. The van der Waals surface area contributed by atoms with Crippen molar-refractivity contribution in [1.29, 1.82) is 5.26 Å². The molecule has 0 aliphatic rings. The second-order valence-corrected chi connectivity index (χ2v) is 17.0. The summed E-state index contributed by atoms with van der Waals surface area (Å²) in [6, 6.07) is 12.5. The number of nitriles is 1. The van der Waals surface area contributed by atoms with Crippen LogP contribution in [0.25, 0.3) is 11.3 Å². The molecule has 1 aromatic heterocycles. The molecule has 0 unspecified atom stereocenters. The van der Waals surface area contributed by atoms with Crippen molar-refractivity contribution in [3.8, 4) is 17.3 Å². The van der Waals surface area contributed by atoms with Gasteiger partial charge in [-0.1, -0.05) is 0 Å². The molecule has 0 bridgehead atoms. The van der Waals surface area contributed by atoms with Crippen molar-refractivity contribution in [3.63, 3.8) is 0 Å². The zero-order valence-corrected chi connectivity index (χ0v) is 15.0. The summed E-state index contributed by atoms with van der Waals surface area (Å²) in [4.78, 5) is 0. The Morgan fingerprint density at radius 2 is 1.80 bits per heavy atom. The van der Waals surface area contributed by atoms with Crippen molar-refractivity contribution >= 4 is 17.7 Å². The van der Waals surface area contributed by atoms with Crippen LogP contribution in [0.5, 0.6) is 0 Å². The molecule has 2 nitrogen and oxygen atoms in total. The van der Waals surface area contributed by atoms with Crippen LogP contribution in [-0.2, 0) is 7.05 Å². The van der Waals surface area contributed by atoms with E-state index in [2.05, 4.69) is 60.2 Å². The fourth-order valence-corrected chi connectivity index (χ4v) is 4.79. The van der Waals surface area contributed by atoms with Gasteiger partial charge < -0.3 is 0 Å². The number of aromatic nitrogens is 1. The first kappa shape index (κ1) is 14.8. The predicted molar refractivity (Wildman–Crippen MR) is 85.5 cm³/mol. The first-order valence-electron chi connectivity index (χ1n) is 6.84. The normalized spacial score (nSPS) is 11.2. The van der Waals surface area contributed by atoms with Gasteiger partial charge in [0.15, 0.2) is 0 Å².